The van der Waals surface area contributed by atoms with Gasteiger partial charge in [0.15, 0.2) is 11.6 Å². The van der Waals surface area contributed by atoms with Crippen molar-refractivity contribution in [3.05, 3.63) is 29.0 Å². The second kappa shape index (κ2) is 4.15. The van der Waals surface area contributed by atoms with Crippen LogP contribution in [0.1, 0.15) is 6.42 Å². The summed E-state index contributed by atoms with van der Waals surface area (Å²) in [6, 6.07) is 4.46. The van der Waals surface area contributed by atoms with Gasteiger partial charge in [-0.15, -0.1) is 0 Å². The van der Waals surface area contributed by atoms with E-state index in [2.05, 4.69) is 5.32 Å². The van der Waals surface area contributed by atoms with E-state index >= 15 is 0 Å². The molecule has 0 spiro atoms. The summed E-state index contributed by atoms with van der Waals surface area (Å²) in [5, 5.41) is 3.54. The molecule has 0 saturated carbocycles. The first-order valence-corrected chi connectivity index (χ1v) is 4.96. The fraction of sp³-hybridized carbons (Fsp3) is 0.400. The largest absolute Gasteiger partial charge is 0.486 e. The number of benzene rings is 1. The van der Waals surface area contributed by atoms with Crippen molar-refractivity contribution < 1.29 is 9.13 Å². The van der Waals surface area contributed by atoms with Gasteiger partial charge in [-0.05, 0) is 31.2 Å². The molecule has 2 nitrogen and oxygen atoms in total. The molecule has 1 atom stereocenters. The first-order valence-electron chi connectivity index (χ1n) is 4.58. The van der Waals surface area contributed by atoms with Crippen LogP contribution in [0.2, 0.25) is 5.02 Å². The van der Waals surface area contributed by atoms with Crippen LogP contribution in [0.25, 0.3) is 0 Å². The van der Waals surface area contributed by atoms with Gasteiger partial charge in [0.05, 0.1) is 0 Å². The topological polar surface area (TPSA) is 21.3 Å². The Balaban J connectivity index is 2.08. The van der Waals surface area contributed by atoms with E-state index in [9.17, 15) is 4.39 Å². The Kier molecular flexibility index (Phi) is 2.89. The van der Waals surface area contributed by atoms with Crippen molar-refractivity contribution in [3.8, 4) is 5.75 Å². The molecular formula is C10H11ClFNO. The van der Waals surface area contributed by atoms with Crippen molar-refractivity contribution in [3.63, 3.8) is 0 Å². The van der Waals surface area contributed by atoms with Crippen molar-refractivity contribution in [1.82, 2.24) is 5.32 Å². The number of halogens is 2. The highest BCUT2D eigenvalue weighted by molar-refractivity contribution is 6.30. The Bertz CT molecular complexity index is 326. The monoisotopic (exact) mass is 215 g/mol. The van der Waals surface area contributed by atoms with Crippen LogP contribution >= 0.6 is 11.6 Å². The van der Waals surface area contributed by atoms with Crippen LogP contribution < -0.4 is 10.1 Å². The van der Waals surface area contributed by atoms with Crippen LogP contribution in [0.5, 0.6) is 5.75 Å². The molecule has 2 rings (SSSR count). The molecule has 4 heteroatoms. The van der Waals surface area contributed by atoms with Crippen molar-refractivity contribution >= 4 is 11.6 Å². The molecule has 0 aliphatic carbocycles. The van der Waals surface area contributed by atoms with Gasteiger partial charge in [-0.3, -0.25) is 0 Å². The Hall–Kier alpha value is -0.800. The smallest absolute Gasteiger partial charge is 0.166 e. The van der Waals surface area contributed by atoms with Crippen LogP contribution in [-0.4, -0.2) is 19.2 Å². The second-order valence-corrected chi connectivity index (χ2v) is 3.74. The van der Waals surface area contributed by atoms with E-state index in [1.165, 1.54) is 6.07 Å². The normalized spacial score (nSPS) is 21.1. The third-order valence-electron chi connectivity index (χ3n) is 2.20. The first-order chi connectivity index (χ1) is 6.75. The Morgan fingerprint density at radius 3 is 3.00 bits per heavy atom. The molecule has 14 heavy (non-hydrogen) atoms. The minimum absolute atomic E-state index is 0.0747. The Labute approximate surface area is 87.0 Å². The molecule has 1 N–H and O–H groups in total. The SMILES string of the molecule is Fc1cc(Cl)ccc1OC1CCNC1. The summed E-state index contributed by atoms with van der Waals surface area (Å²) in [5.41, 5.74) is 0. The third kappa shape index (κ3) is 2.16. The standard InChI is InChI=1S/C10H11ClFNO/c11-7-1-2-10(9(12)5-7)14-8-3-4-13-6-8/h1-2,5,8,13H,3-4,6H2. The Morgan fingerprint density at radius 1 is 1.50 bits per heavy atom. The zero-order chi connectivity index (χ0) is 9.97. The molecule has 0 aromatic heterocycles. The van der Waals surface area contributed by atoms with Gasteiger partial charge in [0.25, 0.3) is 0 Å². The number of ether oxygens (including phenoxy) is 1. The molecule has 1 aromatic rings. The maximum atomic E-state index is 13.3. The van der Waals surface area contributed by atoms with Crippen molar-refractivity contribution in [2.24, 2.45) is 0 Å². The molecule has 1 unspecified atom stereocenters. The van der Waals surface area contributed by atoms with Gasteiger partial charge in [0.1, 0.15) is 6.10 Å². The van der Waals surface area contributed by atoms with Crippen LogP contribution in [0.15, 0.2) is 18.2 Å². The molecule has 76 valence electrons. The highest BCUT2D eigenvalue weighted by Crippen LogP contribution is 2.22. The molecule has 1 aliphatic heterocycles. The summed E-state index contributed by atoms with van der Waals surface area (Å²) in [4.78, 5) is 0. The summed E-state index contributed by atoms with van der Waals surface area (Å²) in [6.07, 6.45) is 0.993. The van der Waals surface area contributed by atoms with Crippen molar-refractivity contribution in [2.75, 3.05) is 13.1 Å². The molecule has 1 fully saturated rings. The summed E-state index contributed by atoms with van der Waals surface area (Å²) in [5.74, 6) is -0.118. The summed E-state index contributed by atoms with van der Waals surface area (Å²) in [7, 11) is 0. The van der Waals surface area contributed by atoms with Gasteiger partial charge >= 0.3 is 0 Å². The first kappa shape index (κ1) is 9.74. The number of nitrogens with one attached hydrogen (secondary N) is 1. The zero-order valence-corrected chi connectivity index (χ0v) is 8.35. The average Bonchev–Trinajstić information content (AvgIpc) is 2.62. The van der Waals surface area contributed by atoms with E-state index in [1.807, 2.05) is 0 Å². The van der Waals surface area contributed by atoms with E-state index in [-0.39, 0.29) is 11.9 Å². The molecule has 0 bridgehead atoms. The molecule has 1 aromatic carbocycles. The predicted octanol–water partition coefficient (Wildman–Crippen LogP) is 2.22. The van der Waals surface area contributed by atoms with Crippen LogP contribution in [-0.2, 0) is 0 Å². The zero-order valence-electron chi connectivity index (χ0n) is 7.59. The predicted molar refractivity (Wildman–Crippen MR) is 53.3 cm³/mol. The highest BCUT2D eigenvalue weighted by Gasteiger charge is 2.17. The van der Waals surface area contributed by atoms with Gasteiger partial charge in [-0.25, -0.2) is 4.39 Å². The van der Waals surface area contributed by atoms with Crippen LogP contribution in [0, 0.1) is 5.82 Å². The number of hydrogen-bond acceptors (Lipinski definition) is 2. The fourth-order valence-corrected chi connectivity index (χ4v) is 1.64. The lowest BCUT2D eigenvalue weighted by molar-refractivity contribution is 0.213. The quantitative estimate of drug-likeness (QED) is 0.817. The highest BCUT2D eigenvalue weighted by atomic mass is 35.5. The average molecular weight is 216 g/mol. The maximum Gasteiger partial charge on any atom is 0.166 e. The van der Waals surface area contributed by atoms with E-state index in [1.54, 1.807) is 12.1 Å². The van der Waals surface area contributed by atoms with Gasteiger partial charge < -0.3 is 10.1 Å². The summed E-state index contributed by atoms with van der Waals surface area (Å²) in [6.45, 7) is 1.71. The minimum Gasteiger partial charge on any atom is -0.486 e. The van der Waals surface area contributed by atoms with Gasteiger partial charge in [0.2, 0.25) is 0 Å². The molecule has 1 aliphatic rings. The van der Waals surface area contributed by atoms with Crippen LogP contribution in [0.3, 0.4) is 0 Å². The molecule has 0 amide bonds. The molecule has 1 heterocycles. The fourth-order valence-electron chi connectivity index (χ4n) is 1.48. The minimum atomic E-state index is -0.399. The lowest BCUT2D eigenvalue weighted by Gasteiger charge is -2.12. The van der Waals surface area contributed by atoms with Gasteiger partial charge in [0, 0.05) is 11.6 Å². The lowest BCUT2D eigenvalue weighted by Crippen LogP contribution is -2.20. The number of hydrogen-bond donors (Lipinski definition) is 1. The van der Waals surface area contributed by atoms with E-state index in [4.69, 9.17) is 16.3 Å². The lowest BCUT2D eigenvalue weighted by atomic mass is 10.3. The molecule has 0 radical (unpaired) electrons. The molecular weight excluding hydrogens is 205 g/mol. The van der Waals surface area contributed by atoms with Crippen molar-refractivity contribution in [2.45, 2.75) is 12.5 Å². The molecule has 1 saturated heterocycles. The third-order valence-corrected chi connectivity index (χ3v) is 2.44. The van der Waals surface area contributed by atoms with Crippen molar-refractivity contribution in [1.29, 1.82) is 0 Å². The maximum absolute atomic E-state index is 13.3. The van der Waals surface area contributed by atoms with Crippen LogP contribution in [0.4, 0.5) is 4.39 Å². The van der Waals surface area contributed by atoms with E-state index in [0.29, 0.717) is 5.02 Å². The number of rotatable bonds is 2. The summed E-state index contributed by atoms with van der Waals surface area (Å²) >= 11 is 5.63. The van der Waals surface area contributed by atoms with E-state index in [0.717, 1.165) is 19.5 Å². The van der Waals surface area contributed by atoms with E-state index < -0.39 is 5.82 Å². The van der Waals surface area contributed by atoms with Gasteiger partial charge in [-0.1, -0.05) is 11.6 Å². The summed E-state index contributed by atoms with van der Waals surface area (Å²) < 4.78 is 18.7. The Morgan fingerprint density at radius 2 is 2.36 bits per heavy atom. The second-order valence-electron chi connectivity index (χ2n) is 3.31. The van der Waals surface area contributed by atoms with Gasteiger partial charge in [-0.2, -0.15) is 0 Å².